The molecule has 4 rings (SSSR count). The van der Waals surface area contributed by atoms with E-state index in [0.29, 0.717) is 25.2 Å². The molecule has 0 aromatic heterocycles. The van der Waals surface area contributed by atoms with Crippen molar-refractivity contribution in [3.63, 3.8) is 0 Å². The molecule has 0 amide bonds. The van der Waals surface area contributed by atoms with Crippen molar-refractivity contribution in [1.82, 2.24) is 10.2 Å². The number of aliphatic imine (C=N–C) groups is 1. The van der Waals surface area contributed by atoms with Crippen LogP contribution in [0.4, 0.5) is 0 Å². The van der Waals surface area contributed by atoms with E-state index in [1.165, 1.54) is 5.56 Å². The van der Waals surface area contributed by atoms with Gasteiger partial charge < -0.3 is 20.5 Å². The van der Waals surface area contributed by atoms with Gasteiger partial charge >= 0.3 is 0 Å². The first-order valence-corrected chi connectivity index (χ1v) is 11.4. The lowest BCUT2D eigenvalue weighted by Gasteiger charge is -2.31. The van der Waals surface area contributed by atoms with Gasteiger partial charge in [-0.3, -0.25) is 9.89 Å². The Bertz CT molecular complexity index is 834. The third kappa shape index (κ3) is 6.45. The Hall–Kier alpha value is -2.57. The molecule has 0 bridgehead atoms. The number of rotatable bonds is 8. The summed E-state index contributed by atoms with van der Waals surface area (Å²) in [5.41, 5.74) is 8.65. The van der Waals surface area contributed by atoms with E-state index in [2.05, 4.69) is 51.6 Å². The monoisotopic (exact) mass is 422 g/mol. The molecule has 1 atom stereocenters. The highest BCUT2D eigenvalue weighted by molar-refractivity contribution is 5.78. The third-order valence-corrected chi connectivity index (χ3v) is 6.00. The van der Waals surface area contributed by atoms with E-state index in [-0.39, 0.29) is 6.04 Å². The van der Waals surface area contributed by atoms with Crippen LogP contribution in [0.5, 0.6) is 5.75 Å². The van der Waals surface area contributed by atoms with Crippen LogP contribution in [-0.4, -0.2) is 49.8 Å². The molecular formula is C25H34N4O2. The second kappa shape index (κ2) is 11.2. The molecule has 1 unspecified atom stereocenters. The van der Waals surface area contributed by atoms with Gasteiger partial charge in [0.2, 0.25) is 0 Å². The minimum absolute atomic E-state index is 0.158. The van der Waals surface area contributed by atoms with Crippen LogP contribution in [0.1, 0.15) is 42.9 Å². The maximum Gasteiger partial charge on any atom is 0.189 e. The number of likely N-dealkylation sites (tertiary alicyclic amines) is 1. The smallest absolute Gasteiger partial charge is 0.189 e. The summed E-state index contributed by atoms with van der Waals surface area (Å²) >= 11 is 0. The molecule has 1 fully saturated rings. The first-order valence-electron chi connectivity index (χ1n) is 11.4. The molecule has 1 saturated heterocycles. The molecule has 0 radical (unpaired) electrons. The Balaban J connectivity index is 1.11. The zero-order valence-corrected chi connectivity index (χ0v) is 18.2. The van der Waals surface area contributed by atoms with Crippen molar-refractivity contribution in [2.24, 2.45) is 10.7 Å². The topological polar surface area (TPSA) is 72.1 Å². The van der Waals surface area contributed by atoms with Gasteiger partial charge in [0.05, 0.1) is 18.8 Å². The lowest BCUT2D eigenvalue weighted by Crippen LogP contribution is -2.37. The molecule has 166 valence electrons. The molecule has 0 aliphatic carbocycles. The summed E-state index contributed by atoms with van der Waals surface area (Å²) in [6.07, 6.45) is 4.34. The summed E-state index contributed by atoms with van der Waals surface area (Å²) in [7, 11) is 0. The van der Waals surface area contributed by atoms with Crippen LogP contribution in [0.3, 0.4) is 0 Å². The minimum Gasteiger partial charge on any atom is -0.493 e. The normalized spacial score (nSPS) is 20.1. The van der Waals surface area contributed by atoms with E-state index >= 15 is 0 Å². The molecule has 6 nitrogen and oxygen atoms in total. The van der Waals surface area contributed by atoms with Crippen LogP contribution in [0.25, 0.3) is 0 Å². The molecule has 2 aliphatic rings. The first-order chi connectivity index (χ1) is 15.3. The van der Waals surface area contributed by atoms with Crippen molar-refractivity contribution in [1.29, 1.82) is 0 Å². The molecule has 3 N–H and O–H groups in total. The number of para-hydroxylation sites is 1. The Labute approximate surface area is 185 Å². The predicted molar refractivity (Wildman–Crippen MR) is 124 cm³/mol. The van der Waals surface area contributed by atoms with Gasteiger partial charge in [-0.2, -0.15) is 0 Å². The van der Waals surface area contributed by atoms with Crippen molar-refractivity contribution in [3.05, 3.63) is 65.7 Å². The van der Waals surface area contributed by atoms with Gasteiger partial charge in [-0.15, -0.1) is 0 Å². The van der Waals surface area contributed by atoms with Crippen LogP contribution in [-0.2, 0) is 11.3 Å². The van der Waals surface area contributed by atoms with Crippen LogP contribution >= 0.6 is 0 Å². The molecule has 2 aliphatic heterocycles. The summed E-state index contributed by atoms with van der Waals surface area (Å²) in [6.45, 7) is 5.34. The summed E-state index contributed by atoms with van der Waals surface area (Å²) in [5, 5.41) is 3.34. The summed E-state index contributed by atoms with van der Waals surface area (Å²) in [5.74, 6) is 1.43. The first kappa shape index (κ1) is 21.7. The Morgan fingerprint density at radius 3 is 2.68 bits per heavy atom. The van der Waals surface area contributed by atoms with E-state index in [9.17, 15) is 0 Å². The fourth-order valence-electron chi connectivity index (χ4n) is 4.31. The van der Waals surface area contributed by atoms with Crippen molar-refractivity contribution in [2.75, 3.05) is 32.8 Å². The maximum atomic E-state index is 6.12. The number of nitrogens with one attached hydrogen (secondary N) is 1. The average Bonchev–Trinajstić information content (AvgIpc) is 2.81. The standard InChI is InChI=1S/C25H34N4O2/c26-25(28-23-13-18-31-24-10-5-4-9-22(23)24)27-14-6-17-30-21-11-15-29(16-12-21)19-20-7-2-1-3-8-20/h1-5,7-10,21,23H,6,11-19H2,(H3,26,27,28). The number of guanidine groups is 1. The molecule has 2 aromatic rings. The minimum atomic E-state index is 0.158. The van der Waals surface area contributed by atoms with Gasteiger partial charge in [-0.05, 0) is 30.9 Å². The van der Waals surface area contributed by atoms with Crippen LogP contribution in [0.2, 0.25) is 0 Å². The largest absolute Gasteiger partial charge is 0.493 e. The van der Waals surface area contributed by atoms with E-state index in [1.807, 2.05) is 18.2 Å². The lowest BCUT2D eigenvalue weighted by atomic mass is 10.0. The summed E-state index contributed by atoms with van der Waals surface area (Å²) < 4.78 is 11.8. The van der Waals surface area contributed by atoms with Crippen molar-refractivity contribution >= 4 is 5.96 Å². The number of hydrogen-bond acceptors (Lipinski definition) is 4. The van der Waals surface area contributed by atoms with E-state index in [1.54, 1.807) is 0 Å². The quantitative estimate of drug-likeness (QED) is 0.387. The fraction of sp³-hybridized carbons (Fsp3) is 0.480. The number of ether oxygens (including phenoxy) is 2. The molecule has 31 heavy (non-hydrogen) atoms. The van der Waals surface area contributed by atoms with Gasteiger partial charge in [-0.25, -0.2) is 0 Å². The van der Waals surface area contributed by atoms with Crippen LogP contribution in [0.15, 0.2) is 59.6 Å². The van der Waals surface area contributed by atoms with Gasteiger partial charge in [0, 0.05) is 44.8 Å². The second-order valence-electron chi connectivity index (χ2n) is 8.32. The highest BCUT2D eigenvalue weighted by Crippen LogP contribution is 2.31. The third-order valence-electron chi connectivity index (χ3n) is 6.00. The molecule has 0 spiro atoms. The fourth-order valence-corrected chi connectivity index (χ4v) is 4.31. The zero-order chi connectivity index (χ0) is 21.3. The number of hydrogen-bond donors (Lipinski definition) is 2. The van der Waals surface area contributed by atoms with Crippen molar-refractivity contribution in [2.45, 2.75) is 44.4 Å². The molecular weight excluding hydrogens is 388 g/mol. The van der Waals surface area contributed by atoms with Gasteiger partial charge in [0.25, 0.3) is 0 Å². The predicted octanol–water partition coefficient (Wildman–Crippen LogP) is 3.49. The lowest BCUT2D eigenvalue weighted by molar-refractivity contribution is 0.00566. The number of piperidine rings is 1. The highest BCUT2D eigenvalue weighted by atomic mass is 16.5. The molecule has 2 heterocycles. The zero-order valence-electron chi connectivity index (χ0n) is 18.2. The van der Waals surface area contributed by atoms with Crippen molar-refractivity contribution in [3.8, 4) is 5.75 Å². The Morgan fingerprint density at radius 1 is 1.06 bits per heavy atom. The van der Waals surface area contributed by atoms with Gasteiger partial charge in [0.15, 0.2) is 5.96 Å². The Kier molecular flexibility index (Phi) is 7.80. The van der Waals surface area contributed by atoms with Crippen LogP contribution < -0.4 is 15.8 Å². The Morgan fingerprint density at radius 2 is 1.84 bits per heavy atom. The average molecular weight is 423 g/mol. The van der Waals surface area contributed by atoms with Gasteiger partial charge in [0.1, 0.15) is 5.75 Å². The van der Waals surface area contributed by atoms with Gasteiger partial charge in [-0.1, -0.05) is 48.5 Å². The number of nitrogens with two attached hydrogens (primary N) is 1. The number of benzene rings is 2. The van der Waals surface area contributed by atoms with E-state index in [0.717, 1.165) is 63.2 Å². The van der Waals surface area contributed by atoms with Crippen LogP contribution in [0, 0.1) is 0 Å². The molecule has 0 saturated carbocycles. The number of nitrogens with zero attached hydrogens (tertiary/aromatic N) is 2. The maximum absolute atomic E-state index is 6.12. The summed E-state index contributed by atoms with van der Waals surface area (Å²) in [6, 6.07) is 18.9. The van der Waals surface area contributed by atoms with E-state index < -0.39 is 0 Å². The highest BCUT2D eigenvalue weighted by Gasteiger charge is 2.21. The molecule has 6 heteroatoms. The van der Waals surface area contributed by atoms with E-state index in [4.69, 9.17) is 15.2 Å². The SMILES string of the molecule is NC(=NCCCOC1CCN(Cc2ccccc2)CC1)NC1CCOc2ccccc21. The number of fused-ring (bicyclic) bond motifs is 1. The summed E-state index contributed by atoms with van der Waals surface area (Å²) in [4.78, 5) is 7.00. The molecule has 2 aromatic carbocycles. The van der Waals surface area contributed by atoms with Crippen molar-refractivity contribution < 1.29 is 9.47 Å². The second-order valence-corrected chi connectivity index (χ2v) is 8.32.